The molecule has 2 N–H and O–H groups in total. The van der Waals surface area contributed by atoms with Crippen LogP contribution in [0.1, 0.15) is 19.8 Å². The number of carbonyl (C=O) groups excluding carboxylic acids is 1. The van der Waals surface area contributed by atoms with E-state index in [2.05, 4.69) is 27.5 Å². The van der Waals surface area contributed by atoms with Crippen LogP contribution in [0.4, 0.5) is 11.6 Å². The fourth-order valence-electron chi connectivity index (χ4n) is 2.01. The van der Waals surface area contributed by atoms with E-state index in [0.29, 0.717) is 13.0 Å². The van der Waals surface area contributed by atoms with Crippen molar-refractivity contribution in [2.24, 2.45) is 0 Å². The standard InChI is InChI=1S/C14H22N6O/c1-4-6-16-11-10-20-9-7-17-13(20)14(18-11)19(3)8-5-12(21)15-2/h7,9-10,16H,4-6,8H2,1-3H3,(H,15,21). The number of anilines is 2. The van der Waals surface area contributed by atoms with Crippen molar-refractivity contribution in [1.29, 1.82) is 0 Å². The highest BCUT2D eigenvalue weighted by Crippen LogP contribution is 2.19. The quantitative estimate of drug-likeness (QED) is 0.799. The molecule has 2 heterocycles. The molecule has 0 bridgehead atoms. The highest BCUT2D eigenvalue weighted by molar-refractivity contribution is 5.76. The Balaban J connectivity index is 2.23. The molecule has 114 valence electrons. The molecule has 0 aliphatic carbocycles. The molecule has 0 unspecified atom stereocenters. The zero-order valence-corrected chi connectivity index (χ0v) is 12.8. The Morgan fingerprint density at radius 1 is 1.48 bits per heavy atom. The third-order valence-electron chi connectivity index (χ3n) is 3.23. The molecule has 2 rings (SSSR count). The van der Waals surface area contributed by atoms with E-state index in [9.17, 15) is 4.79 Å². The monoisotopic (exact) mass is 290 g/mol. The fourth-order valence-corrected chi connectivity index (χ4v) is 2.01. The third kappa shape index (κ3) is 3.62. The van der Waals surface area contributed by atoms with Crippen LogP contribution in [0.2, 0.25) is 0 Å². The maximum Gasteiger partial charge on any atom is 0.221 e. The van der Waals surface area contributed by atoms with E-state index in [0.717, 1.165) is 30.2 Å². The van der Waals surface area contributed by atoms with Crippen LogP contribution in [0, 0.1) is 0 Å². The second-order valence-corrected chi connectivity index (χ2v) is 4.88. The van der Waals surface area contributed by atoms with Crippen molar-refractivity contribution >= 4 is 23.2 Å². The minimum absolute atomic E-state index is 0.0153. The van der Waals surface area contributed by atoms with Gasteiger partial charge in [0.05, 0.1) is 6.20 Å². The van der Waals surface area contributed by atoms with Gasteiger partial charge < -0.3 is 19.9 Å². The van der Waals surface area contributed by atoms with Crippen LogP contribution in [0.25, 0.3) is 5.65 Å². The van der Waals surface area contributed by atoms with Crippen LogP contribution in [0.15, 0.2) is 18.6 Å². The zero-order valence-electron chi connectivity index (χ0n) is 12.8. The van der Waals surface area contributed by atoms with E-state index in [1.807, 2.05) is 28.7 Å². The van der Waals surface area contributed by atoms with Crippen LogP contribution in [-0.4, -0.2) is 47.5 Å². The Morgan fingerprint density at radius 3 is 3.00 bits per heavy atom. The van der Waals surface area contributed by atoms with Crippen molar-refractivity contribution in [1.82, 2.24) is 19.7 Å². The zero-order chi connectivity index (χ0) is 15.2. The Hall–Kier alpha value is -2.31. The van der Waals surface area contributed by atoms with E-state index >= 15 is 0 Å². The average Bonchev–Trinajstić information content (AvgIpc) is 2.97. The summed E-state index contributed by atoms with van der Waals surface area (Å²) in [6.07, 6.45) is 7.02. The fraction of sp³-hybridized carbons (Fsp3) is 0.500. The van der Waals surface area contributed by atoms with Gasteiger partial charge in [-0.15, -0.1) is 0 Å². The number of amides is 1. The first-order valence-electron chi connectivity index (χ1n) is 7.15. The molecule has 21 heavy (non-hydrogen) atoms. The first-order chi connectivity index (χ1) is 10.2. The molecule has 0 atom stereocenters. The van der Waals surface area contributed by atoms with Gasteiger partial charge in [0.1, 0.15) is 5.82 Å². The number of rotatable bonds is 7. The molecule has 0 fully saturated rings. The molecule has 0 radical (unpaired) electrons. The summed E-state index contributed by atoms with van der Waals surface area (Å²) < 4.78 is 1.94. The smallest absolute Gasteiger partial charge is 0.221 e. The largest absolute Gasteiger partial charge is 0.369 e. The number of nitrogens with zero attached hydrogens (tertiary/aromatic N) is 4. The average molecular weight is 290 g/mol. The Morgan fingerprint density at radius 2 is 2.29 bits per heavy atom. The number of imidazole rings is 1. The summed E-state index contributed by atoms with van der Waals surface area (Å²) in [7, 11) is 3.56. The van der Waals surface area contributed by atoms with Crippen molar-refractivity contribution in [3.63, 3.8) is 0 Å². The molecule has 0 aromatic carbocycles. The predicted molar refractivity (Wildman–Crippen MR) is 83.7 cm³/mol. The van der Waals surface area contributed by atoms with Gasteiger partial charge in [-0.1, -0.05) is 6.92 Å². The Kier molecular flexibility index (Phi) is 4.97. The van der Waals surface area contributed by atoms with E-state index in [-0.39, 0.29) is 5.91 Å². The summed E-state index contributed by atoms with van der Waals surface area (Å²) in [5.74, 6) is 1.59. The van der Waals surface area contributed by atoms with Crippen LogP contribution in [0.3, 0.4) is 0 Å². The van der Waals surface area contributed by atoms with Crippen LogP contribution in [0.5, 0.6) is 0 Å². The van der Waals surface area contributed by atoms with Gasteiger partial charge in [0.25, 0.3) is 0 Å². The van der Waals surface area contributed by atoms with Gasteiger partial charge in [0.2, 0.25) is 5.91 Å². The lowest BCUT2D eigenvalue weighted by Gasteiger charge is -2.19. The highest BCUT2D eigenvalue weighted by Gasteiger charge is 2.12. The first kappa shape index (κ1) is 15.1. The summed E-state index contributed by atoms with van der Waals surface area (Å²) in [5.41, 5.74) is 0.788. The maximum absolute atomic E-state index is 11.4. The van der Waals surface area contributed by atoms with Crippen molar-refractivity contribution in [2.75, 3.05) is 37.4 Å². The normalized spacial score (nSPS) is 10.6. The summed E-state index contributed by atoms with van der Waals surface area (Å²) in [5, 5.41) is 5.91. The molecular weight excluding hydrogens is 268 g/mol. The lowest BCUT2D eigenvalue weighted by atomic mass is 10.3. The van der Waals surface area contributed by atoms with Crippen LogP contribution < -0.4 is 15.5 Å². The van der Waals surface area contributed by atoms with Crippen molar-refractivity contribution in [3.8, 4) is 0 Å². The van der Waals surface area contributed by atoms with Gasteiger partial charge in [-0.25, -0.2) is 9.97 Å². The van der Waals surface area contributed by atoms with Crippen LogP contribution >= 0.6 is 0 Å². The molecule has 0 saturated heterocycles. The minimum Gasteiger partial charge on any atom is -0.369 e. The Labute approximate surface area is 124 Å². The summed E-state index contributed by atoms with van der Waals surface area (Å²) in [6.45, 7) is 3.57. The predicted octanol–water partition coefficient (Wildman–Crippen LogP) is 1.12. The van der Waals surface area contributed by atoms with Gasteiger partial charge in [-0.3, -0.25) is 4.79 Å². The highest BCUT2D eigenvalue weighted by atomic mass is 16.1. The lowest BCUT2D eigenvalue weighted by Crippen LogP contribution is -2.27. The second kappa shape index (κ2) is 6.92. The number of carbonyl (C=O) groups is 1. The van der Waals surface area contributed by atoms with Crippen molar-refractivity contribution in [3.05, 3.63) is 18.6 Å². The van der Waals surface area contributed by atoms with E-state index in [4.69, 9.17) is 0 Å². The number of nitrogens with one attached hydrogen (secondary N) is 2. The third-order valence-corrected chi connectivity index (χ3v) is 3.23. The van der Waals surface area contributed by atoms with Gasteiger partial charge >= 0.3 is 0 Å². The Bertz CT molecular complexity index is 609. The number of aromatic nitrogens is 3. The number of hydrogen-bond acceptors (Lipinski definition) is 5. The van der Waals surface area contributed by atoms with Gasteiger partial charge in [0.15, 0.2) is 11.5 Å². The van der Waals surface area contributed by atoms with Crippen molar-refractivity contribution < 1.29 is 4.79 Å². The lowest BCUT2D eigenvalue weighted by molar-refractivity contribution is -0.120. The molecule has 2 aromatic rings. The van der Waals surface area contributed by atoms with E-state index in [1.54, 1.807) is 13.2 Å². The van der Waals surface area contributed by atoms with E-state index in [1.165, 1.54) is 0 Å². The molecule has 7 nitrogen and oxygen atoms in total. The molecule has 0 aliphatic rings. The van der Waals surface area contributed by atoms with Gasteiger partial charge in [0, 0.05) is 46.0 Å². The molecular formula is C14H22N6O. The van der Waals surface area contributed by atoms with Gasteiger partial charge in [-0.2, -0.15) is 0 Å². The molecule has 0 spiro atoms. The van der Waals surface area contributed by atoms with Gasteiger partial charge in [-0.05, 0) is 6.42 Å². The molecule has 0 saturated carbocycles. The number of hydrogen-bond donors (Lipinski definition) is 2. The molecule has 1 amide bonds. The maximum atomic E-state index is 11.4. The molecule has 7 heteroatoms. The second-order valence-electron chi connectivity index (χ2n) is 4.88. The molecule has 0 aliphatic heterocycles. The number of fused-ring (bicyclic) bond motifs is 1. The first-order valence-corrected chi connectivity index (χ1v) is 7.15. The van der Waals surface area contributed by atoms with Crippen molar-refractivity contribution in [2.45, 2.75) is 19.8 Å². The summed E-state index contributed by atoms with van der Waals surface area (Å²) in [6, 6.07) is 0. The van der Waals surface area contributed by atoms with E-state index < -0.39 is 0 Å². The molecule has 2 aromatic heterocycles. The minimum atomic E-state index is 0.0153. The summed E-state index contributed by atoms with van der Waals surface area (Å²) >= 11 is 0. The SMILES string of the molecule is CCCNc1cn2ccnc2c(N(C)CCC(=O)NC)n1. The topological polar surface area (TPSA) is 74.6 Å². The van der Waals surface area contributed by atoms with Crippen LogP contribution in [-0.2, 0) is 4.79 Å². The summed E-state index contributed by atoms with van der Waals surface area (Å²) in [4.78, 5) is 22.3.